The summed E-state index contributed by atoms with van der Waals surface area (Å²) >= 11 is 3.37. The average molecular weight is 356 g/mol. The molecule has 0 aliphatic heterocycles. The van der Waals surface area contributed by atoms with Crippen LogP contribution in [0.25, 0.3) is 0 Å². The molecule has 1 aromatic carbocycles. The smallest absolute Gasteiger partial charge is 0.253 e. The van der Waals surface area contributed by atoms with Crippen LogP contribution in [-0.2, 0) is 0 Å². The number of nitrogens with two attached hydrogens (primary N) is 1. The Morgan fingerprint density at radius 2 is 1.95 bits per heavy atom. The topological polar surface area (TPSA) is 58.4 Å². The number of nitrogens with one attached hydrogen (secondary N) is 1. The van der Waals surface area contributed by atoms with Crippen LogP contribution in [0, 0.1) is 5.92 Å². The number of anilines is 1. The molecule has 1 aromatic rings. The molecule has 0 heterocycles. The highest BCUT2D eigenvalue weighted by molar-refractivity contribution is 9.10. The summed E-state index contributed by atoms with van der Waals surface area (Å²) in [5, 5.41) is 3.02. The van der Waals surface area contributed by atoms with E-state index in [2.05, 4.69) is 54.1 Å². The third kappa shape index (κ3) is 5.00. The minimum absolute atomic E-state index is 0.119. The van der Waals surface area contributed by atoms with Crippen molar-refractivity contribution in [2.24, 2.45) is 5.92 Å². The predicted molar refractivity (Wildman–Crippen MR) is 92.4 cm³/mol. The highest BCUT2D eigenvalue weighted by Gasteiger charge is 2.21. The Balaban J connectivity index is 2.75. The summed E-state index contributed by atoms with van der Waals surface area (Å²) in [6, 6.07) is 5.66. The molecule has 0 aromatic heterocycles. The van der Waals surface area contributed by atoms with Gasteiger partial charge >= 0.3 is 0 Å². The van der Waals surface area contributed by atoms with Crippen LogP contribution >= 0.6 is 15.9 Å². The number of nitrogens with zero attached hydrogens (tertiary/aromatic N) is 1. The SMILES string of the molecule is CCC(CC)C(CNC(=O)c1cc(Br)ccc1N)N(C)C. The zero-order valence-electron chi connectivity index (χ0n) is 13.3. The first kappa shape index (κ1) is 18.0. The van der Waals surface area contributed by atoms with Gasteiger partial charge in [-0.1, -0.05) is 42.6 Å². The summed E-state index contributed by atoms with van der Waals surface area (Å²) in [5.74, 6) is 0.451. The number of likely N-dealkylation sites (N-methyl/N-ethyl adjacent to an activating group) is 1. The molecule has 3 N–H and O–H groups in total. The fourth-order valence-corrected chi connectivity index (χ4v) is 2.98. The van der Waals surface area contributed by atoms with Gasteiger partial charge in [0.25, 0.3) is 5.91 Å². The maximum absolute atomic E-state index is 12.3. The Hall–Kier alpha value is -1.07. The number of carbonyl (C=O) groups excluding carboxylic acids is 1. The van der Waals surface area contributed by atoms with E-state index in [4.69, 9.17) is 5.73 Å². The van der Waals surface area contributed by atoms with Crippen LogP contribution < -0.4 is 11.1 Å². The standard InChI is InChI=1S/C16H26BrN3O/c1-5-11(6-2)15(20(3)4)10-19-16(21)13-9-12(17)7-8-14(13)18/h7-9,11,15H,5-6,10,18H2,1-4H3,(H,19,21). The van der Waals surface area contributed by atoms with Crippen LogP contribution in [0.4, 0.5) is 5.69 Å². The van der Waals surface area contributed by atoms with Crippen molar-refractivity contribution < 1.29 is 4.79 Å². The summed E-state index contributed by atoms with van der Waals surface area (Å²) < 4.78 is 0.853. The third-order valence-corrected chi connectivity index (χ3v) is 4.48. The summed E-state index contributed by atoms with van der Waals surface area (Å²) in [4.78, 5) is 14.5. The van der Waals surface area contributed by atoms with Crippen LogP contribution in [0.5, 0.6) is 0 Å². The maximum atomic E-state index is 12.3. The van der Waals surface area contributed by atoms with E-state index in [1.54, 1.807) is 12.1 Å². The van der Waals surface area contributed by atoms with Crippen molar-refractivity contribution in [1.29, 1.82) is 0 Å². The monoisotopic (exact) mass is 355 g/mol. The first-order valence-corrected chi connectivity index (χ1v) is 8.19. The zero-order valence-corrected chi connectivity index (χ0v) is 14.9. The lowest BCUT2D eigenvalue weighted by Gasteiger charge is -2.31. The maximum Gasteiger partial charge on any atom is 0.253 e. The quantitative estimate of drug-likeness (QED) is 0.738. The molecule has 0 spiro atoms. The van der Waals surface area contributed by atoms with E-state index in [1.807, 2.05) is 6.07 Å². The molecule has 1 atom stereocenters. The van der Waals surface area contributed by atoms with Gasteiger partial charge in [-0.3, -0.25) is 4.79 Å². The van der Waals surface area contributed by atoms with Crippen molar-refractivity contribution in [3.63, 3.8) is 0 Å². The van der Waals surface area contributed by atoms with Gasteiger partial charge in [0.1, 0.15) is 0 Å². The Kier molecular flexibility index (Phi) is 7.18. The van der Waals surface area contributed by atoms with E-state index in [-0.39, 0.29) is 5.91 Å². The van der Waals surface area contributed by atoms with Gasteiger partial charge in [0.05, 0.1) is 5.56 Å². The Morgan fingerprint density at radius 3 is 2.48 bits per heavy atom. The van der Waals surface area contributed by atoms with Gasteiger partial charge in [-0.2, -0.15) is 0 Å². The van der Waals surface area contributed by atoms with E-state index < -0.39 is 0 Å². The summed E-state index contributed by atoms with van der Waals surface area (Å²) in [6.07, 6.45) is 2.21. The molecule has 0 radical (unpaired) electrons. The molecule has 21 heavy (non-hydrogen) atoms. The number of rotatable bonds is 7. The van der Waals surface area contributed by atoms with Crippen LogP contribution in [0.3, 0.4) is 0 Å². The van der Waals surface area contributed by atoms with Gasteiger partial charge < -0.3 is 16.0 Å². The number of nitrogen functional groups attached to an aromatic ring is 1. The molecule has 0 saturated heterocycles. The summed E-state index contributed by atoms with van der Waals surface area (Å²) in [7, 11) is 4.12. The second-order valence-electron chi connectivity index (χ2n) is 5.55. The van der Waals surface area contributed by atoms with Crippen molar-refractivity contribution >= 4 is 27.5 Å². The average Bonchev–Trinajstić information content (AvgIpc) is 2.45. The lowest BCUT2D eigenvalue weighted by Crippen LogP contribution is -2.44. The van der Waals surface area contributed by atoms with E-state index in [0.29, 0.717) is 29.8 Å². The Bertz CT molecular complexity index is 473. The Labute approximate surface area is 136 Å². The molecule has 0 saturated carbocycles. The van der Waals surface area contributed by atoms with Crippen molar-refractivity contribution in [2.75, 3.05) is 26.4 Å². The second kappa shape index (κ2) is 8.39. The minimum Gasteiger partial charge on any atom is -0.398 e. The van der Waals surface area contributed by atoms with Crippen LogP contribution in [-0.4, -0.2) is 37.5 Å². The molecule has 0 aliphatic rings. The van der Waals surface area contributed by atoms with Gasteiger partial charge in [0, 0.05) is 22.7 Å². The predicted octanol–water partition coefficient (Wildman–Crippen LogP) is 3.13. The number of halogens is 1. The van der Waals surface area contributed by atoms with Gasteiger partial charge in [0.15, 0.2) is 0 Å². The number of hydrogen-bond acceptors (Lipinski definition) is 3. The van der Waals surface area contributed by atoms with Gasteiger partial charge in [-0.15, -0.1) is 0 Å². The second-order valence-corrected chi connectivity index (χ2v) is 6.46. The largest absolute Gasteiger partial charge is 0.398 e. The molecule has 4 nitrogen and oxygen atoms in total. The molecule has 0 bridgehead atoms. The van der Waals surface area contributed by atoms with Crippen molar-refractivity contribution in [3.8, 4) is 0 Å². The van der Waals surface area contributed by atoms with E-state index >= 15 is 0 Å². The molecule has 1 rings (SSSR count). The van der Waals surface area contributed by atoms with Crippen molar-refractivity contribution in [1.82, 2.24) is 10.2 Å². The molecule has 1 unspecified atom stereocenters. The summed E-state index contributed by atoms with van der Waals surface area (Å²) in [6.45, 7) is 5.02. The van der Waals surface area contributed by atoms with E-state index in [1.165, 1.54) is 0 Å². The number of amides is 1. The molecule has 118 valence electrons. The van der Waals surface area contributed by atoms with Crippen molar-refractivity contribution in [3.05, 3.63) is 28.2 Å². The Morgan fingerprint density at radius 1 is 1.33 bits per heavy atom. The molecular formula is C16H26BrN3O. The highest BCUT2D eigenvalue weighted by atomic mass is 79.9. The molecule has 0 aliphatic carbocycles. The fraction of sp³-hybridized carbons (Fsp3) is 0.562. The first-order valence-electron chi connectivity index (χ1n) is 7.40. The molecule has 0 fully saturated rings. The summed E-state index contributed by atoms with van der Waals surface area (Å²) in [5.41, 5.74) is 6.90. The van der Waals surface area contributed by atoms with Crippen molar-refractivity contribution in [2.45, 2.75) is 32.7 Å². The molecule has 5 heteroatoms. The number of hydrogen-bond donors (Lipinski definition) is 2. The fourth-order valence-electron chi connectivity index (χ4n) is 2.62. The molecule has 1 amide bonds. The van der Waals surface area contributed by atoms with Gasteiger partial charge in [-0.25, -0.2) is 0 Å². The van der Waals surface area contributed by atoms with E-state index in [0.717, 1.165) is 17.3 Å². The van der Waals surface area contributed by atoms with Gasteiger partial charge in [-0.05, 0) is 38.2 Å². The minimum atomic E-state index is -0.119. The van der Waals surface area contributed by atoms with E-state index in [9.17, 15) is 4.79 Å². The van der Waals surface area contributed by atoms with Gasteiger partial charge in [0.2, 0.25) is 0 Å². The lowest BCUT2D eigenvalue weighted by atomic mass is 9.93. The number of carbonyl (C=O) groups is 1. The first-order chi connectivity index (χ1) is 9.90. The normalized spacial score (nSPS) is 12.7. The third-order valence-electron chi connectivity index (χ3n) is 3.99. The van der Waals surface area contributed by atoms with Crippen LogP contribution in [0.15, 0.2) is 22.7 Å². The number of benzene rings is 1. The van der Waals surface area contributed by atoms with Crippen LogP contribution in [0.1, 0.15) is 37.0 Å². The molecular weight excluding hydrogens is 330 g/mol. The lowest BCUT2D eigenvalue weighted by molar-refractivity contribution is 0.0929. The van der Waals surface area contributed by atoms with Crippen LogP contribution in [0.2, 0.25) is 0 Å². The zero-order chi connectivity index (χ0) is 16.0. The highest BCUT2D eigenvalue weighted by Crippen LogP contribution is 2.19.